The number of halogens is 2. The third kappa shape index (κ3) is 4.10. The summed E-state index contributed by atoms with van der Waals surface area (Å²) in [6, 6.07) is 16.2. The van der Waals surface area contributed by atoms with Crippen LogP contribution in [0, 0.1) is 18.6 Å². The van der Waals surface area contributed by atoms with E-state index in [4.69, 9.17) is 10.5 Å². The maximum atomic E-state index is 14.7. The number of benzene rings is 2. The van der Waals surface area contributed by atoms with Crippen LogP contribution in [0.1, 0.15) is 34.3 Å². The number of nitrogens with two attached hydrogens (primary N) is 1. The van der Waals surface area contributed by atoms with Gasteiger partial charge in [0.1, 0.15) is 11.6 Å². The molecular weight excluding hydrogens is 480 g/mol. The molecule has 0 fully saturated rings. The number of hydrogen-bond acceptors (Lipinski definition) is 5. The van der Waals surface area contributed by atoms with Crippen molar-refractivity contribution in [3.05, 3.63) is 111 Å². The number of hydrogen-bond donors (Lipinski definition) is 1. The maximum absolute atomic E-state index is 14.7. The van der Waals surface area contributed by atoms with Crippen LogP contribution in [-0.2, 0) is 6.42 Å². The maximum Gasteiger partial charge on any atom is 0.260 e. The lowest BCUT2D eigenvalue weighted by Gasteiger charge is -2.24. The fourth-order valence-corrected chi connectivity index (χ4v) is 6.28. The minimum atomic E-state index is -0.625. The molecule has 1 aliphatic rings. The van der Waals surface area contributed by atoms with Crippen molar-refractivity contribution in [2.24, 2.45) is 5.73 Å². The summed E-state index contributed by atoms with van der Waals surface area (Å²) in [6.45, 7) is 1.81. The number of ether oxygens (including phenoxy) is 1. The van der Waals surface area contributed by atoms with Crippen molar-refractivity contribution in [2.45, 2.75) is 30.5 Å². The second-order valence-electron chi connectivity index (χ2n) is 8.71. The summed E-state index contributed by atoms with van der Waals surface area (Å²) in [5.74, 6) is -0.387. The van der Waals surface area contributed by atoms with Crippen LogP contribution in [-0.4, -0.2) is 22.4 Å². The molecule has 0 aliphatic carbocycles. The molecule has 8 heteroatoms. The predicted octanol–water partition coefficient (Wildman–Crippen LogP) is 5.44. The van der Waals surface area contributed by atoms with Crippen LogP contribution in [0.25, 0.3) is 11.1 Å². The van der Waals surface area contributed by atoms with Crippen molar-refractivity contribution in [3.63, 3.8) is 0 Å². The van der Waals surface area contributed by atoms with Crippen LogP contribution >= 0.6 is 11.8 Å². The molecule has 0 spiro atoms. The number of aromatic nitrogens is 2. The third-order valence-electron chi connectivity index (χ3n) is 6.71. The quantitative estimate of drug-likeness (QED) is 0.378. The molecule has 0 saturated carbocycles. The van der Waals surface area contributed by atoms with Crippen molar-refractivity contribution >= 4 is 11.8 Å². The zero-order chi connectivity index (χ0) is 25.4. The van der Waals surface area contributed by atoms with Gasteiger partial charge < -0.3 is 10.5 Å². The Morgan fingerprint density at radius 3 is 2.50 bits per heavy atom. The van der Waals surface area contributed by atoms with Crippen LogP contribution in [0.3, 0.4) is 0 Å². The highest BCUT2D eigenvalue weighted by Crippen LogP contribution is 2.43. The first-order valence-corrected chi connectivity index (χ1v) is 12.5. The molecule has 2 atom stereocenters. The zero-order valence-corrected chi connectivity index (χ0v) is 20.7. The summed E-state index contributed by atoms with van der Waals surface area (Å²) < 4.78 is 36.6. The van der Waals surface area contributed by atoms with Crippen molar-refractivity contribution in [1.82, 2.24) is 9.55 Å². The van der Waals surface area contributed by atoms with Gasteiger partial charge in [-0.1, -0.05) is 36.4 Å². The normalized spacial score (nSPS) is 15.5. The second-order valence-corrected chi connectivity index (χ2v) is 9.72. The van der Waals surface area contributed by atoms with Gasteiger partial charge in [-0.3, -0.25) is 9.36 Å². The van der Waals surface area contributed by atoms with Gasteiger partial charge in [0, 0.05) is 29.5 Å². The highest BCUT2D eigenvalue weighted by Gasteiger charge is 2.35. The number of rotatable bonds is 6. The minimum absolute atomic E-state index is 0.00414. The summed E-state index contributed by atoms with van der Waals surface area (Å²) in [7, 11) is 1.49. The Morgan fingerprint density at radius 1 is 1.08 bits per heavy atom. The molecule has 0 saturated heterocycles. The Labute approximate surface area is 212 Å². The molecule has 3 heterocycles. The number of thioether (sulfide) groups is 1. The van der Waals surface area contributed by atoms with Gasteiger partial charge in [0.2, 0.25) is 5.88 Å². The lowest BCUT2D eigenvalue weighted by atomic mass is 9.94. The van der Waals surface area contributed by atoms with Crippen LogP contribution in [0.5, 0.6) is 5.88 Å². The Balaban J connectivity index is 1.76. The Morgan fingerprint density at radius 2 is 1.81 bits per heavy atom. The van der Waals surface area contributed by atoms with Crippen molar-refractivity contribution in [1.29, 1.82) is 0 Å². The van der Waals surface area contributed by atoms with Gasteiger partial charge in [-0.15, -0.1) is 11.8 Å². The first-order valence-electron chi connectivity index (χ1n) is 11.6. The Hall–Kier alpha value is -3.49. The van der Waals surface area contributed by atoms with Crippen molar-refractivity contribution in [2.75, 3.05) is 12.9 Å². The number of methoxy groups -OCH3 is 1. The van der Waals surface area contributed by atoms with Gasteiger partial charge >= 0.3 is 0 Å². The zero-order valence-electron chi connectivity index (χ0n) is 19.9. The molecule has 4 aromatic rings. The molecule has 0 radical (unpaired) electrons. The number of pyridine rings is 2. The summed E-state index contributed by atoms with van der Waals surface area (Å²) in [4.78, 5) is 18.4. The molecule has 2 unspecified atom stereocenters. The van der Waals surface area contributed by atoms with E-state index in [9.17, 15) is 13.6 Å². The van der Waals surface area contributed by atoms with E-state index in [-0.39, 0.29) is 23.6 Å². The summed E-state index contributed by atoms with van der Waals surface area (Å²) in [5.41, 5.74) is 9.57. The molecule has 0 bridgehead atoms. The molecule has 2 aromatic carbocycles. The third-order valence-corrected chi connectivity index (χ3v) is 7.93. The molecule has 5 nitrogen and oxygen atoms in total. The molecule has 184 valence electrons. The van der Waals surface area contributed by atoms with Gasteiger partial charge in [0.05, 0.1) is 29.8 Å². The fourth-order valence-electron chi connectivity index (χ4n) is 4.84. The van der Waals surface area contributed by atoms with Gasteiger partial charge in [-0.05, 0) is 47.9 Å². The minimum Gasteiger partial charge on any atom is -0.481 e. The molecule has 5 rings (SSSR count). The monoisotopic (exact) mass is 505 g/mol. The van der Waals surface area contributed by atoms with Crippen LogP contribution in [0.15, 0.2) is 76.7 Å². The van der Waals surface area contributed by atoms with Crippen molar-refractivity contribution < 1.29 is 13.5 Å². The average Bonchev–Trinajstić information content (AvgIpc) is 3.34. The fraction of sp³-hybridized carbons (Fsp3) is 0.214. The van der Waals surface area contributed by atoms with E-state index in [1.165, 1.54) is 37.1 Å². The predicted molar refractivity (Wildman–Crippen MR) is 138 cm³/mol. The largest absolute Gasteiger partial charge is 0.481 e. The second kappa shape index (κ2) is 9.87. The van der Waals surface area contributed by atoms with Crippen LogP contribution in [0.2, 0.25) is 0 Å². The lowest BCUT2D eigenvalue weighted by Crippen LogP contribution is -2.33. The highest BCUT2D eigenvalue weighted by molar-refractivity contribution is 7.99. The van der Waals surface area contributed by atoms with E-state index in [0.717, 1.165) is 5.56 Å². The number of fused-ring (bicyclic) bond motifs is 1. The molecule has 2 N–H and O–H groups in total. The van der Waals surface area contributed by atoms with Crippen molar-refractivity contribution in [3.8, 4) is 17.0 Å². The summed E-state index contributed by atoms with van der Waals surface area (Å²) in [5, 5.41) is 0.683. The van der Waals surface area contributed by atoms with Gasteiger partial charge in [-0.2, -0.15) is 0 Å². The van der Waals surface area contributed by atoms with E-state index < -0.39 is 17.7 Å². The highest BCUT2D eigenvalue weighted by atomic mass is 32.2. The van der Waals surface area contributed by atoms with E-state index in [0.29, 0.717) is 38.9 Å². The molecule has 1 aliphatic heterocycles. The molecule has 0 amide bonds. The number of nitrogens with zero attached hydrogens (tertiary/aromatic N) is 2. The van der Waals surface area contributed by atoms with Crippen LogP contribution < -0.4 is 16.0 Å². The lowest BCUT2D eigenvalue weighted by molar-refractivity contribution is 0.399. The van der Waals surface area contributed by atoms with E-state index in [1.54, 1.807) is 22.9 Å². The Bertz CT molecular complexity index is 1470. The standard InChI is InChI=1S/C28H25F2N3O2S/c1-16-19(14-20-21(29)11-6-12-22(20)30)28-33(23(15-36-28)25(31)17-8-4-3-5-9-17)27(34)24(16)18-10-7-13-32-26(18)35-2/h3-13,23,25H,14-15,31H2,1-2H3. The van der Waals surface area contributed by atoms with E-state index in [2.05, 4.69) is 4.98 Å². The smallest absolute Gasteiger partial charge is 0.260 e. The van der Waals surface area contributed by atoms with Gasteiger partial charge in [-0.25, -0.2) is 13.8 Å². The molecule has 2 aromatic heterocycles. The average molecular weight is 506 g/mol. The molecule has 36 heavy (non-hydrogen) atoms. The van der Waals surface area contributed by atoms with Gasteiger partial charge in [0.15, 0.2) is 0 Å². The molecular formula is C28H25F2N3O2S. The first-order chi connectivity index (χ1) is 17.4. The summed E-state index contributed by atoms with van der Waals surface area (Å²) in [6.07, 6.45) is 1.58. The SMILES string of the molecule is COc1ncccc1-c1c(C)c(Cc2c(F)cccc2F)c2n(c1=O)C(C(N)c1ccccc1)CS2. The van der Waals surface area contributed by atoms with Gasteiger partial charge in [0.25, 0.3) is 5.56 Å². The summed E-state index contributed by atoms with van der Waals surface area (Å²) >= 11 is 1.49. The van der Waals surface area contributed by atoms with E-state index >= 15 is 0 Å². The van der Waals surface area contributed by atoms with Crippen LogP contribution in [0.4, 0.5) is 8.78 Å². The first kappa shape index (κ1) is 24.2. The van der Waals surface area contributed by atoms with E-state index in [1.807, 2.05) is 37.3 Å². The topological polar surface area (TPSA) is 70.1 Å². The Kier molecular flexibility index (Phi) is 6.64.